The zero-order valence-electron chi connectivity index (χ0n) is 8.86. The third-order valence-electron chi connectivity index (χ3n) is 2.08. The number of allylic oxidation sites excluding steroid dienone is 4. The van der Waals surface area contributed by atoms with Crippen molar-refractivity contribution >= 4 is 5.57 Å². The van der Waals surface area contributed by atoms with Crippen LogP contribution in [0.3, 0.4) is 0 Å². The Morgan fingerprint density at radius 1 is 1.20 bits per heavy atom. The molecule has 2 heteroatoms. The Labute approximate surface area is 89.8 Å². The van der Waals surface area contributed by atoms with Crippen LogP contribution in [-0.4, -0.2) is 5.11 Å². The van der Waals surface area contributed by atoms with Crippen molar-refractivity contribution in [3.63, 3.8) is 0 Å². The summed E-state index contributed by atoms with van der Waals surface area (Å²) in [5.41, 5.74) is 2.77. The molecule has 1 aromatic rings. The molecule has 1 N–H and O–H groups in total. The lowest BCUT2D eigenvalue weighted by atomic mass is 10.1. The minimum atomic E-state index is 0.260. The maximum Gasteiger partial charge on any atom is 0.115 e. The first-order chi connectivity index (χ1) is 7.13. The molecule has 0 aliphatic carbocycles. The molecular formula is C13H13NO. The number of hydrogen-bond acceptors (Lipinski definition) is 2. The van der Waals surface area contributed by atoms with E-state index in [1.54, 1.807) is 25.1 Å². The van der Waals surface area contributed by atoms with Gasteiger partial charge in [0.1, 0.15) is 5.75 Å². The Bertz CT molecular complexity index is 433. The first-order valence-corrected chi connectivity index (χ1v) is 4.68. The monoisotopic (exact) mass is 199 g/mol. The quantitative estimate of drug-likeness (QED) is 0.586. The summed E-state index contributed by atoms with van der Waals surface area (Å²) in [6.07, 6.45) is 3.67. The molecule has 0 saturated carbocycles. The lowest BCUT2D eigenvalue weighted by Crippen LogP contribution is -1.78. The van der Waals surface area contributed by atoms with Gasteiger partial charge in [0.2, 0.25) is 0 Å². The molecule has 0 amide bonds. The van der Waals surface area contributed by atoms with Crippen molar-refractivity contribution in [3.8, 4) is 11.8 Å². The molecule has 0 spiro atoms. The summed E-state index contributed by atoms with van der Waals surface area (Å²) in [6, 6.07) is 9.04. The molecule has 76 valence electrons. The van der Waals surface area contributed by atoms with Gasteiger partial charge in [0.25, 0.3) is 0 Å². The third kappa shape index (κ3) is 3.32. The van der Waals surface area contributed by atoms with Crippen LogP contribution in [0.2, 0.25) is 0 Å². The molecule has 0 aliphatic rings. The van der Waals surface area contributed by atoms with Crippen molar-refractivity contribution in [2.45, 2.75) is 13.8 Å². The Morgan fingerprint density at radius 3 is 2.33 bits per heavy atom. The number of phenols is 1. The molecule has 2 nitrogen and oxygen atoms in total. The van der Waals surface area contributed by atoms with Crippen molar-refractivity contribution in [1.82, 2.24) is 0 Å². The van der Waals surface area contributed by atoms with Crippen molar-refractivity contribution < 1.29 is 5.11 Å². The van der Waals surface area contributed by atoms with Crippen LogP contribution < -0.4 is 0 Å². The summed E-state index contributed by atoms with van der Waals surface area (Å²) in [7, 11) is 0. The molecule has 1 rings (SSSR count). The van der Waals surface area contributed by atoms with Crippen LogP contribution in [0.1, 0.15) is 19.4 Å². The van der Waals surface area contributed by atoms with Gasteiger partial charge >= 0.3 is 0 Å². The number of phenolic OH excluding ortho intramolecular Hbond substituents is 1. The van der Waals surface area contributed by atoms with Crippen molar-refractivity contribution in [1.29, 1.82) is 5.26 Å². The van der Waals surface area contributed by atoms with E-state index in [1.807, 2.05) is 25.1 Å². The number of rotatable bonds is 2. The summed E-state index contributed by atoms with van der Waals surface area (Å²) in [5.74, 6) is 0.260. The molecular weight excluding hydrogens is 186 g/mol. The minimum Gasteiger partial charge on any atom is -0.508 e. The van der Waals surface area contributed by atoms with Gasteiger partial charge in [-0.05, 0) is 43.2 Å². The van der Waals surface area contributed by atoms with E-state index >= 15 is 0 Å². The van der Waals surface area contributed by atoms with Crippen molar-refractivity contribution in [2.24, 2.45) is 0 Å². The van der Waals surface area contributed by atoms with Gasteiger partial charge in [0.15, 0.2) is 0 Å². The smallest absolute Gasteiger partial charge is 0.115 e. The van der Waals surface area contributed by atoms with Crippen LogP contribution in [0.4, 0.5) is 0 Å². The van der Waals surface area contributed by atoms with Crippen molar-refractivity contribution in [2.75, 3.05) is 0 Å². The summed E-state index contributed by atoms with van der Waals surface area (Å²) in [4.78, 5) is 0. The molecule has 0 radical (unpaired) electrons. The molecule has 1 aromatic carbocycles. The number of nitrogens with zero attached hydrogens (tertiary/aromatic N) is 1. The zero-order chi connectivity index (χ0) is 11.3. The Hall–Kier alpha value is -2.01. The minimum absolute atomic E-state index is 0.260. The van der Waals surface area contributed by atoms with E-state index in [9.17, 15) is 0 Å². The Kier molecular flexibility index (Phi) is 3.70. The van der Waals surface area contributed by atoms with Crippen LogP contribution in [0.5, 0.6) is 5.75 Å². The topological polar surface area (TPSA) is 44.0 Å². The highest BCUT2D eigenvalue weighted by Gasteiger charge is 1.94. The summed E-state index contributed by atoms with van der Waals surface area (Å²) in [5, 5.41) is 17.7. The highest BCUT2D eigenvalue weighted by atomic mass is 16.3. The molecule has 0 saturated heterocycles. The van der Waals surface area contributed by atoms with Crippen LogP contribution >= 0.6 is 0 Å². The van der Waals surface area contributed by atoms with E-state index in [0.717, 1.165) is 11.1 Å². The molecule has 0 fully saturated rings. The molecule has 0 atom stereocenters. The van der Waals surface area contributed by atoms with E-state index in [1.165, 1.54) is 0 Å². The predicted octanol–water partition coefficient (Wildman–Crippen LogP) is 3.27. The molecule has 0 heterocycles. The van der Waals surface area contributed by atoms with Gasteiger partial charge in [-0.2, -0.15) is 5.26 Å². The van der Waals surface area contributed by atoms with E-state index < -0.39 is 0 Å². The van der Waals surface area contributed by atoms with Crippen LogP contribution in [0.25, 0.3) is 5.57 Å². The largest absolute Gasteiger partial charge is 0.508 e. The maximum atomic E-state index is 9.12. The van der Waals surface area contributed by atoms with Gasteiger partial charge in [-0.1, -0.05) is 18.2 Å². The fraction of sp³-hybridized carbons (Fsp3) is 0.154. The zero-order valence-corrected chi connectivity index (χ0v) is 8.86. The Balaban J connectivity index is 2.91. The van der Waals surface area contributed by atoms with E-state index in [0.29, 0.717) is 5.57 Å². The van der Waals surface area contributed by atoms with Gasteiger partial charge in [-0.25, -0.2) is 0 Å². The summed E-state index contributed by atoms with van der Waals surface area (Å²) < 4.78 is 0. The molecule has 0 aliphatic heterocycles. The van der Waals surface area contributed by atoms with E-state index in [4.69, 9.17) is 10.4 Å². The lowest BCUT2D eigenvalue weighted by Gasteiger charge is -2.00. The average molecular weight is 199 g/mol. The Morgan fingerprint density at radius 2 is 1.80 bits per heavy atom. The van der Waals surface area contributed by atoms with Gasteiger partial charge in [-0.3, -0.25) is 0 Å². The predicted molar refractivity (Wildman–Crippen MR) is 61.1 cm³/mol. The highest BCUT2D eigenvalue weighted by molar-refractivity contribution is 5.65. The van der Waals surface area contributed by atoms with Crippen molar-refractivity contribution in [3.05, 3.63) is 47.6 Å². The standard InChI is InChI=1S/C13H13NO/c1-10(9-14)3-4-11(2)12-5-7-13(15)8-6-12/h3-8,15H,1-2H3/b10-3+,11-4+. The summed E-state index contributed by atoms with van der Waals surface area (Å²) >= 11 is 0. The lowest BCUT2D eigenvalue weighted by molar-refractivity contribution is 0.475. The van der Waals surface area contributed by atoms with E-state index in [-0.39, 0.29) is 5.75 Å². The second-order valence-electron chi connectivity index (χ2n) is 3.36. The van der Waals surface area contributed by atoms with Gasteiger partial charge in [-0.15, -0.1) is 0 Å². The van der Waals surface area contributed by atoms with Gasteiger partial charge in [0, 0.05) is 5.57 Å². The second-order valence-corrected chi connectivity index (χ2v) is 3.36. The fourth-order valence-corrected chi connectivity index (χ4v) is 1.11. The molecule has 15 heavy (non-hydrogen) atoms. The number of benzene rings is 1. The molecule has 0 aromatic heterocycles. The second kappa shape index (κ2) is 5.02. The number of hydrogen-bond donors (Lipinski definition) is 1. The van der Waals surface area contributed by atoms with Gasteiger partial charge < -0.3 is 5.11 Å². The number of aromatic hydroxyl groups is 1. The van der Waals surface area contributed by atoms with E-state index in [2.05, 4.69) is 6.07 Å². The average Bonchev–Trinajstić information content (AvgIpc) is 2.26. The number of nitriles is 1. The third-order valence-corrected chi connectivity index (χ3v) is 2.08. The molecule has 0 unspecified atom stereocenters. The SMILES string of the molecule is C/C(C#N)=C\C=C(/C)c1ccc(O)cc1. The first-order valence-electron chi connectivity index (χ1n) is 4.68. The van der Waals surface area contributed by atoms with Crippen LogP contribution in [0, 0.1) is 11.3 Å². The maximum absolute atomic E-state index is 9.12. The highest BCUT2D eigenvalue weighted by Crippen LogP contribution is 2.17. The summed E-state index contributed by atoms with van der Waals surface area (Å²) in [6.45, 7) is 3.73. The first kappa shape index (κ1) is 11.1. The van der Waals surface area contributed by atoms with Crippen LogP contribution in [0.15, 0.2) is 42.0 Å². The van der Waals surface area contributed by atoms with Gasteiger partial charge in [0.05, 0.1) is 6.07 Å². The normalized spacial score (nSPS) is 12.3. The fourth-order valence-electron chi connectivity index (χ4n) is 1.11. The molecule has 0 bridgehead atoms. The van der Waals surface area contributed by atoms with Crippen LogP contribution in [-0.2, 0) is 0 Å².